The highest BCUT2D eigenvalue weighted by Gasteiger charge is 2.21. The molecular weight excluding hydrogens is 330 g/mol. The first-order valence-electron chi connectivity index (χ1n) is 9.00. The summed E-state index contributed by atoms with van der Waals surface area (Å²) < 4.78 is 6.52. The van der Waals surface area contributed by atoms with E-state index in [2.05, 4.69) is 24.4 Å². The maximum absolute atomic E-state index is 5.32. The molecule has 0 saturated carbocycles. The molecule has 0 aliphatic heterocycles. The highest BCUT2D eigenvalue weighted by Crippen LogP contribution is 2.40. The maximum Gasteiger partial charge on any atom is 0.185 e. The number of benzene rings is 1. The zero-order chi connectivity index (χ0) is 17.2. The fraction of sp³-hybridized carbons (Fsp3) is 0.400. The van der Waals surface area contributed by atoms with Crippen molar-refractivity contribution in [3.05, 3.63) is 35.5 Å². The summed E-state index contributed by atoms with van der Waals surface area (Å²) in [5.41, 5.74) is 6.09. The van der Waals surface area contributed by atoms with Crippen molar-refractivity contribution >= 4 is 26.8 Å². The molecule has 3 aromatic rings. The van der Waals surface area contributed by atoms with Crippen LogP contribution in [-0.2, 0) is 12.8 Å². The topological polar surface area (TPSA) is 47.0 Å². The van der Waals surface area contributed by atoms with Gasteiger partial charge in [0.15, 0.2) is 10.8 Å². The van der Waals surface area contributed by atoms with Crippen LogP contribution in [0.1, 0.15) is 37.4 Å². The minimum atomic E-state index is 0.884. The molecule has 0 radical (unpaired) electrons. The van der Waals surface area contributed by atoms with Gasteiger partial charge in [0.05, 0.1) is 11.8 Å². The number of methoxy groups -OCH3 is 1. The number of thiazole rings is 1. The molecule has 0 saturated heterocycles. The van der Waals surface area contributed by atoms with Crippen molar-refractivity contribution in [3.8, 4) is 16.9 Å². The third-order valence-electron chi connectivity index (χ3n) is 4.72. The van der Waals surface area contributed by atoms with E-state index in [1.807, 2.05) is 12.1 Å². The van der Waals surface area contributed by atoms with Crippen molar-refractivity contribution < 1.29 is 4.74 Å². The number of nitrogens with zero attached hydrogens (tertiary/aromatic N) is 2. The summed E-state index contributed by atoms with van der Waals surface area (Å²) in [7, 11) is 1.70. The molecule has 1 aliphatic carbocycles. The second kappa shape index (κ2) is 7.00. The van der Waals surface area contributed by atoms with Gasteiger partial charge in [-0.25, -0.2) is 9.97 Å². The lowest BCUT2D eigenvalue weighted by Gasteiger charge is -2.19. The predicted octanol–water partition coefficient (Wildman–Crippen LogP) is 5.07. The van der Waals surface area contributed by atoms with Crippen LogP contribution in [0.25, 0.3) is 21.5 Å². The first-order chi connectivity index (χ1) is 12.3. The zero-order valence-electron chi connectivity index (χ0n) is 14.8. The SMILES string of the molecule is CCCNc1nc2nc3c(c(-c4ccc(OC)cc4)c2s1)CCCC3. The van der Waals surface area contributed by atoms with Gasteiger partial charge in [-0.2, -0.15) is 0 Å². The molecule has 4 nitrogen and oxygen atoms in total. The summed E-state index contributed by atoms with van der Waals surface area (Å²) >= 11 is 1.73. The number of ether oxygens (including phenoxy) is 1. The van der Waals surface area contributed by atoms with E-state index in [-0.39, 0.29) is 0 Å². The largest absolute Gasteiger partial charge is 0.497 e. The molecule has 1 N–H and O–H groups in total. The quantitative estimate of drug-likeness (QED) is 0.696. The molecule has 0 amide bonds. The van der Waals surface area contributed by atoms with Crippen LogP contribution in [0.2, 0.25) is 0 Å². The van der Waals surface area contributed by atoms with E-state index in [4.69, 9.17) is 14.7 Å². The standard InChI is InChI=1S/C20H23N3OS/c1-3-12-21-20-23-19-18(25-20)17(13-8-10-14(24-2)11-9-13)15-6-4-5-7-16(15)22-19/h8-11H,3-7,12H2,1-2H3,(H,21,22,23). The minimum absolute atomic E-state index is 0.884. The van der Waals surface area contributed by atoms with Gasteiger partial charge in [0.2, 0.25) is 0 Å². The van der Waals surface area contributed by atoms with Crippen LogP contribution in [0, 0.1) is 0 Å². The molecule has 130 valence electrons. The summed E-state index contributed by atoms with van der Waals surface area (Å²) in [6, 6.07) is 8.38. The minimum Gasteiger partial charge on any atom is -0.497 e. The van der Waals surface area contributed by atoms with Crippen molar-refractivity contribution in [2.45, 2.75) is 39.0 Å². The summed E-state index contributed by atoms with van der Waals surface area (Å²) in [5, 5.41) is 4.39. The lowest BCUT2D eigenvalue weighted by Crippen LogP contribution is -2.07. The van der Waals surface area contributed by atoms with E-state index in [1.165, 1.54) is 39.9 Å². The Morgan fingerprint density at radius 3 is 2.68 bits per heavy atom. The average Bonchev–Trinajstić information content (AvgIpc) is 3.06. The Hall–Kier alpha value is -2.14. The van der Waals surface area contributed by atoms with Gasteiger partial charge in [-0.3, -0.25) is 0 Å². The van der Waals surface area contributed by atoms with E-state index < -0.39 is 0 Å². The molecule has 5 heteroatoms. The van der Waals surface area contributed by atoms with Crippen molar-refractivity contribution in [1.82, 2.24) is 9.97 Å². The molecule has 0 bridgehead atoms. The van der Waals surface area contributed by atoms with Gasteiger partial charge >= 0.3 is 0 Å². The van der Waals surface area contributed by atoms with Crippen LogP contribution in [0.4, 0.5) is 5.13 Å². The van der Waals surface area contributed by atoms with E-state index in [1.54, 1.807) is 18.4 Å². The van der Waals surface area contributed by atoms with Crippen molar-refractivity contribution in [2.24, 2.45) is 0 Å². The van der Waals surface area contributed by atoms with Crippen LogP contribution in [-0.4, -0.2) is 23.6 Å². The van der Waals surface area contributed by atoms with Crippen LogP contribution in [0.5, 0.6) is 5.75 Å². The molecule has 0 unspecified atom stereocenters. The van der Waals surface area contributed by atoms with Crippen LogP contribution >= 0.6 is 11.3 Å². The van der Waals surface area contributed by atoms with Crippen LogP contribution in [0.3, 0.4) is 0 Å². The normalized spacial score (nSPS) is 13.7. The Balaban J connectivity index is 1.90. The Labute approximate surface area is 152 Å². The monoisotopic (exact) mass is 353 g/mol. The number of aromatic nitrogens is 2. The Bertz CT molecular complexity index is 886. The molecule has 1 aromatic carbocycles. The molecule has 0 fully saturated rings. The smallest absolute Gasteiger partial charge is 0.185 e. The first-order valence-corrected chi connectivity index (χ1v) is 9.82. The average molecular weight is 353 g/mol. The molecule has 1 aliphatic rings. The summed E-state index contributed by atoms with van der Waals surface area (Å²) in [5.74, 6) is 0.887. The van der Waals surface area contributed by atoms with E-state index in [0.29, 0.717) is 0 Å². The van der Waals surface area contributed by atoms with Crippen LogP contribution in [0.15, 0.2) is 24.3 Å². The van der Waals surface area contributed by atoms with E-state index >= 15 is 0 Å². The molecule has 2 aromatic heterocycles. The van der Waals surface area contributed by atoms with E-state index in [9.17, 15) is 0 Å². The molecule has 2 heterocycles. The first kappa shape index (κ1) is 16.3. The van der Waals surface area contributed by atoms with Crippen molar-refractivity contribution in [1.29, 1.82) is 0 Å². The molecule has 0 atom stereocenters. The molecule has 0 spiro atoms. The van der Waals surface area contributed by atoms with Crippen molar-refractivity contribution in [2.75, 3.05) is 19.0 Å². The lowest BCUT2D eigenvalue weighted by molar-refractivity contribution is 0.415. The summed E-state index contributed by atoms with van der Waals surface area (Å²) in [6.07, 6.45) is 5.71. The van der Waals surface area contributed by atoms with Gasteiger partial charge in [-0.05, 0) is 55.4 Å². The molecule has 4 rings (SSSR count). The zero-order valence-corrected chi connectivity index (χ0v) is 15.6. The Morgan fingerprint density at radius 1 is 1.12 bits per heavy atom. The number of fused-ring (bicyclic) bond motifs is 2. The lowest BCUT2D eigenvalue weighted by atomic mass is 9.89. The van der Waals surface area contributed by atoms with E-state index in [0.717, 1.165) is 42.3 Å². The predicted molar refractivity (Wildman–Crippen MR) is 105 cm³/mol. The van der Waals surface area contributed by atoms with Gasteiger partial charge in [0.1, 0.15) is 5.75 Å². The second-order valence-corrected chi connectivity index (χ2v) is 7.45. The number of anilines is 1. The third kappa shape index (κ3) is 3.09. The van der Waals surface area contributed by atoms with Gasteiger partial charge in [-0.1, -0.05) is 30.4 Å². The number of nitrogens with one attached hydrogen (secondary N) is 1. The summed E-state index contributed by atoms with van der Waals surface area (Å²) in [4.78, 5) is 9.65. The molecular formula is C20H23N3OS. The van der Waals surface area contributed by atoms with Crippen LogP contribution < -0.4 is 10.1 Å². The fourth-order valence-electron chi connectivity index (χ4n) is 3.47. The Morgan fingerprint density at radius 2 is 1.92 bits per heavy atom. The van der Waals surface area contributed by atoms with Gasteiger partial charge in [-0.15, -0.1) is 0 Å². The van der Waals surface area contributed by atoms with Crippen molar-refractivity contribution in [3.63, 3.8) is 0 Å². The second-order valence-electron chi connectivity index (χ2n) is 6.45. The third-order valence-corrected chi connectivity index (χ3v) is 5.74. The number of aryl methyl sites for hydroxylation is 1. The van der Waals surface area contributed by atoms with Gasteiger partial charge in [0.25, 0.3) is 0 Å². The fourth-order valence-corrected chi connectivity index (χ4v) is 4.49. The van der Waals surface area contributed by atoms with Gasteiger partial charge in [0, 0.05) is 17.8 Å². The summed E-state index contributed by atoms with van der Waals surface area (Å²) in [6.45, 7) is 3.11. The highest BCUT2D eigenvalue weighted by atomic mass is 32.1. The molecule has 25 heavy (non-hydrogen) atoms. The highest BCUT2D eigenvalue weighted by molar-refractivity contribution is 7.22. The number of hydrogen-bond donors (Lipinski definition) is 1. The number of rotatable bonds is 5. The maximum atomic E-state index is 5.32. The van der Waals surface area contributed by atoms with Gasteiger partial charge < -0.3 is 10.1 Å². The number of hydrogen-bond acceptors (Lipinski definition) is 5. The Kier molecular flexibility index (Phi) is 4.57. The number of pyridine rings is 1.